The number of unbranched alkanes of at least 4 members (excludes halogenated alkanes) is 8. The third-order valence-electron chi connectivity index (χ3n) is 49.2. The molecular weight excluding hydrogens is 1890 g/mol. The minimum Gasteiger partial charge on any atom is -0.393 e. The molecule has 0 bridgehead atoms. The predicted octanol–water partition coefficient (Wildman–Crippen LogP) is 16.0. The number of aliphatic hydroxyl groups excluding tert-OH is 11. The Morgan fingerprint density at radius 1 is 0.327 bits per heavy atom. The molecule has 42 unspecified atom stereocenters. The van der Waals surface area contributed by atoms with E-state index >= 15 is 0 Å². The van der Waals surface area contributed by atoms with Gasteiger partial charge >= 0.3 is 0 Å². The molecule has 0 aliphatic heterocycles. The molecule has 46 atom stereocenters. The zero-order valence-corrected chi connectivity index (χ0v) is 95.1. The molecular formula is C124H211N7O19. The molecule has 0 aromatic carbocycles. The number of aliphatic hydroxyl groups is 12. The molecule has 0 heterocycles. The molecule has 0 saturated heterocycles. The first-order chi connectivity index (χ1) is 71.3. The topological polar surface area (TPSA) is 438 Å². The van der Waals surface area contributed by atoms with Gasteiger partial charge in [0.2, 0.25) is 41.4 Å². The smallest absolute Gasteiger partial charge is 0.242 e. The van der Waals surface area contributed by atoms with Gasteiger partial charge in [0, 0.05) is 71.4 Å². The van der Waals surface area contributed by atoms with Crippen molar-refractivity contribution in [3.63, 3.8) is 0 Å². The number of amides is 7. The summed E-state index contributed by atoms with van der Waals surface area (Å²) in [4.78, 5) is 102. The molecule has 16 fully saturated rings. The number of carbonyl (C=O) groups excluding carboxylic acids is 7. The van der Waals surface area contributed by atoms with E-state index < -0.39 is 65.8 Å². The van der Waals surface area contributed by atoms with E-state index in [9.17, 15) is 94.8 Å². The van der Waals surface area contributed by atoms with Gasteiger partial charge in [0.15, 0.2) is 0 Å². The highest BCUT2D eigenvalue weighted by Crippen LogP contribution is 2.74. The summed E-state index contributed by atoms with van der Waals surface area (Å²) >= 11 is 0. The van der Waals surface area contributed by atoms with Crippen molar-refractivity contribution in [3.05, 3.63) is 0 Å². The zero-order chi connectivity index (χ0) is 108. The van der Waals surface area contributed by atoms with Crippen LogP contribution in [0.15, 0.2) is 0 Å². The Morgan fingerprint density at radius 2 is 0.673 bits per heavy atom. The van der Waals surface area contributed by atoms with E-state index in [0.717, 1.165) is 141 Å². The van der Waals surface area contributed by atoms with Crippen LogP contribution in [0.3, 0.4) is 0 Å². The van der Waals surface area contributed by atoms with E-state index in [0.29, 0.717) is 213 Å². The van der Waals surface area contributed by atoms with Crippen LogP contribution in [0.5, 0.6) is 0 Å². The van der Waals surface area contributed by atoms with Gasteiger partial charge < -0.3 is 98.1 Å². The van der Waals surface area contributed by atoms with Gasteiger partial charge in [-0.3, -0.25) is 33.6 Å². The second-order valence-corrected chi connectivity index (χ2v) is 56.6. The summed E-state index contributed by atoms with van der Waals surface area (Å²) < 4.78 is 0. The van der Waals surface area contributed by atoms with Crippen LogP contribution in [0.2, 0.25) is 0 Å². The SMILES string of the molecule is CCCCCCCCC(=O)N(CCCCNC(=O)C(CCCCNC(=O)CC[C@@H](C)C1CCC2C3C(O)CC4CC(O)CCC4(C)C3CC(O)C21C)NC(=O)CC[C@@H](C)C1CCC2C3C(O)CC4CC(O)CCC4(C)C3CC(O)C21C)CCCNC(=O)C(CCCCNC(=O)CC[C@@H](C)C1CCC2C3C(O)CC4CC(O)CCC4(C)C3CC(O)C21C)NC(=O)CC[C@@H](C)C1CC2CC3C(O)CC4CC(O)CCC4(C)C3CC2(O)C1C. The maximum absolute atomic E-state index is 14.8. The fraction of sp³-hybridized carbons (Fsp3) is 0.944. The summed E-state index contributed by atoms with van der Waals surface area (Å²) in [6.07, 6.45) is 31.5. The largest absolute Gasteiger partial charge is 0.393 e. The van der Waals surface area contributed by atoms with Gasteiger partial charge in [-0.25, -0.2) is 0 Å². The summed E-state index contributed by atoms with van der Waals surface area (Å²) in [5, 5.41) is 159. The Morgan fingerprint density at radius 3 is 1.08 bits per heavy atom. The normalized spacial score (nSPS) is 44.2. The zero-order valence-electron chi connectivity index (χ0n) is 95.1. The van der Waals surface area contributed by atoms with Crippen molar-refractivity contribution in [2.24, 2.45) is 186 Å². The van der Waals surface area contributed by atoms with Crippen LogP contribution in [0, 0.1) is 186 Å². The molecule has 16 aliphatic carbocycles. The van der Waals surface area contributed by atoms with Gasteiger partial charge in [-0.2, -0.15) is 0 Å². The van der Waals surface area contributed by atoms with Crippen LogP contribution in [-0.4, -0.2) is 232 Å². The maximum Gasteiger partial charge on any atom is 0.242 e. The monoisotopic (exact) mass is 2100 g/mol. The summed E-state index contributed by atoms with van der Waals surface area (Å²) in [6.45, 7) is 31.5. The van der Waals surface area contributed by atoms with Gasteiger partial charge in [0.1, 0.15) is 12.1 Å². The van der Waals surface area contributed by atoms with Crippen molar-refractivity contribution in [1.29, 1.82) is 0 Å². The minimum absolute atomic E-state index is 0.0179. The predicted molar refractivity (Wildman–Crippen MR) is 582 cm³/mol. The van der Waals surface area contributed by atoms with Crippen molar-refractivity contribution < 1.29 is 94.8 Å². The number of hydrogen-bond acceptors (Lipinski definition) is 19. The molecule has 0 aromatic heterocycles. The summed E-state index contributed by atoms with van der Waals surface area (Å²) in [5.74, 6) is 2.52. The van der Waals surface area contributed by atoms with E-state index in [-0.39, 0.29) is 266 Å². The van der Waals surface area contributed by atoms with Crippen LogP contribution < -0.4 is 31.9 Å². The molecule has 856 valence electrons. The highest BCUT2D eigenvalue weighted by Gasteiger charge is 2.72. The molecule has 16 aliphatic rings. The summed E-state index contributed by atoms with van der Waals surface area (Å²) in [6, 6.07) is -1.74. The van der Waals surface area contributed by atoms with E-state index in [1.807, 2.05) is 4.90 Å². The Hall–Kier alpha value is -4.19. The number of nitrogens with one attached hydrogen (secondary N) is 6. The fourth-order valence-corrected chi connectivity index (χ4v) is 40.0. The van der Waals surface area contributed by atoms with Crippen LogP contribution in [0.1, 0.15) is 424 Å². The van der Waals surface area contributed by atoms with E-state index in [4.69, 9.17) is 0 Å². The molecule has 7 amide bonds. The third kappa shape index (κ3) is 24.1. The van der Waals surface area contributed by atoms with Crippen LogP contribution in [0.25, 0.3) is 0 Å². The highest BCUT2D eigenvalue weighted by atomic mass is 16.3. The van der Waals surface area contributed by atoms with E-state index in [1.54, 1.807) is 0 Å². The Kier molecular flexibility index (Phi) is 39.1. The van der Waals surface area contributed by atoms with E-state index in [2.05, 4.69) is 122 Å². The molecule has 18 N–H and O–H groups in total. The summed E-state index contributed by atoms with van der Waals surface area (Å²) in [5.41, 5.74) is -2.24. The quantitative estimate of drug-likeness (QED) is 0.0252. The lowest BCUT2D eigenvalue weighted by atomic mass is 9.43. The second kappa shape index (κ2) is 49.6. The van der Waals surface area contributed by atoms with E-state index in [1.165, 1.54) is 0 Å². The Labute approximate surface area is 901 Å². The van der Waals surface area contributed by atoms with Crippen molar-refractivity contribution in [2.75, 3.05) is 39.3 Å². The lowest BCUT2D eigenvalue weighted by Crippen LogP contribution is -2.62. The lowest BCUT2D eigenvalue weighted by molar-refractivity contribution is -0.207. The minimum atomic E-state index is -0.898. The van der Waals surface area contributed by atoms with Gasteiger partial charge in [0.25, 0.3) is 0 Å². The molecule has 16 rings (SSSR count). The average molecular weight is 2100 g/mol. The van der Waals surface area contributed by atoms with Crippen molar-refractivity contribution >= 4 is 41.4 Å². The number of nitrogens with zero attached hydrogens (tertiary/aromatic N) is 1. The first-order valence-electron chi connectivity index (χ1n) is 62.4. The molecule has 0 aromatic rings. The molecule has 0 radical (unpaired) electrons. The first kappa shape index (κ1) is 118. The molecule has 16 saturated carbocycles. The number of rotatable bonds is 46. The molecule has 0 spiro atoms. The van der Waals surface area contributed by atoms with Gasteiger partial charge in [-0.1, -0.05) is 122 Å². The number of hydrogen-bond donors (Lipinski definition) is 18. The molecule has 150 heavy (non-hydrogen) atoms. The van der Waals surface area contributed by atoms with Crippen molar-refractivity contribution in [3.8, 4) is 0 Å². The van der Waals surface area contributed by atoms with Gasteiger partial charge in [-0.15, -0.1) is 0 Å². The van der Waals surface area contributed by atoms with Gasteiger partial charge in [-0.05, 0) is 456 Å². The van der Waals surface area contributed by atoms with Crippen molar-refractivity contribution in [2.45, 2.75) is 509 Å². The third-order valence-corrected chi connectivity index (χ3v) is 49.2. The second-order valence-electron chi connectivity index (χ2n) is 56.6. The average Bonchev–Trinajstić information content (AvgIpc) is 1.50. The van der Waals surface area contributed by atoms with Crippen LogP contribution >= 0.6 is 0 Å². The first-order valence-corrected chi connectivity index (χ1v) is 62.4. The van der Waals surface area contributed by atoms with Gasteiger partial charge in [0.05, 0.1) is 72.7 Å². The number of carbonyl (C=O) groups is 7. The lowest BCUT2D eigenvalue weighted by Gasteiger charge is -2.63. The fourth-order valence-electron chi connectivity index (χ4n) is 40.0. The Bertz CT molecular complexity index is 4470. The molecule has 26 nitrogen and oxygen atoms in total. The Balaban J connectivity index is 0.525. The highest BCUT2D eigenvalue weighted by molar-refractivity contribution is 5.88. The summed E-state index contributed by atoms with van der Waals surface area (Å²) in [7, 11) is 0. The van der Waals surface area contributed by atoms with Crippen LogP contribution in [-0.2, 0) is 33.6 Å². The number of fused-ring (bicyclic) bond motifs is 19. The van der Waals surface area contributed by atoms with Crippen LogP contribution in [0.4, 0.5) is 0 Å². The maximum atomic E-state index is 14.8. The molecule has 26 heteroatoms. The standard InChI is InChI=1S/C124H211N7O19/c1-14-15-16-17-18-19-29-111(147)131(57-26-55-128-116(149)99(129-109(145)42-30-72(2)86-62-81-63-87-97(71-124(81,150)76(86)6)120(10)51-47-85(135)58-77(120)64-100(87)136)28-21-23-53-126-108(144)41-32-74(4)89-35-38-92-113-95(69-105(141)122(89,92)12)118(8)49-45-83(133)60-79(118)66-102(113)138)56-25-24-54-127-115(148)98(130-110(146)43-33-75(5)90-36-39-93-114-96(70-106(142)123(90,93)13)119(9)50-46-84(134)61-80(119)67-103(114)139)27-20-22-52-125-107(143)40-31-73(3)88-34-37-91-112-94(68-104(140)121(88,91)11)117(7)48-44-82(132)59-78(117)65-101(112)137/h72-106,112-114,132-142,150H,14-71H2,1-13H3,(H,125,143)(H,126,144)(H,127,148)(H,128,149)(H,129,145)(H,130,146)/t72-,73-,74-,75-,76?,77?,78?,79?,80?,81?,82?,83?,84?,85?,86?,87?,88?,89?,90?,91?,92?,93?,94?,95?,96?,97?,98?,99?,100?,101?,102?,103?,104?,105?,106?,112?,113?,114?,117?,118?,119?,120?,121?,122?,123?,124?/m1/s1. The van der Waals surface area contributed by atoms with Crippen molar-refractivity contribution in [1.82, 2.24) is 36.8 Å².